The summed E-state index contributed by atoms with van der Waals surface area (Å²) >= 11 is 0. The number of hydrogen-bond acceptors (Lipinski definition) is 3. The van der Waals surface area contributed by atoms with Crippen LogP contribution in [-0.4, -0.2) is 6.71 Å². The van der Waals surface area contributed by atoms with E-state index in [0.29, 0.717) is 5.69 Å². The van der Waals surface area contributed by atoms with Gasteiger partial charge in [0.25, 0.3) is 6.71 Å². The molecule has 0 spiro atoms. The highest BCUT2D eigenvalue weighted by Gasteiger charge is 2.50. The molecule has 0 N–H and O–H groups in total. The monoisotopic (exact) mass is 974 g/mol. The van der Waals surface area contributed by atoms with Crippen LogP contribution in [0.4, 0.5) is 55.6 Å². The van der Waals surface area contributed by atoms with E-state index in [-0.39, 0.29) is 34.2 Å². The SMILES string of the molecule is Cc1ccc(N2c3ccc(C(C)(C)C)cc3B3c4cc(N(c5ccc(C(C)(C)C)cc5)c5ccc(C(C)(C)C)cc5)c5c(c4N(c4ccc(C)cc4F)c4cc(C(C)(C)C)cc2c43)C(C)(C)c2ccccc2-5)cc1. The van der Waals surface area contributed by atoms with Crippen molar-refractivity contribution < 1.29 is 4.39 Å². The van der Waals surface area contributed by atoms with E-state index in [9.17, 15) is 0 Å². The zero-order valence-electron chi connectivity index (χ0n) is 46.7. The van der Waals surface area contributed by atoms with Crippen molar-refractivity contribution in [1.29, 1.82) is 0 Å². The molecule has 0 fully saturated rings. The Morgan fingerprint density at radius 1 is 0.473 bits per heavy atom. The van der Waals surface area contributed by atoms with Gasteiger partial charge in [0.1, 0.15) is 5.82 Å². The summed E-state index contributed by atoms with van der Waals surface area (Å²) in [5.74, 6) is -0.239. The number of rotatable bonds is 5. The molecule has 0 amide bonds. The molecular weight excluding hydrogens is 901 g/mol. The van der Waals surface area contributed by atoms with Gasteiger partial charge < -0.3 is 14.7 Å². The molecule has 2 aliphatic heterocycles. The van der Waals surface area contributed by atoms with Gasteiger partial charge in [-0.2, -0.15) is 0 Å². The smallest absolute Gasteiger partial charge is 0.252 e. The zero-order valence-corrected chi connectivity index (χ0v) is 46.7. The molecule has 3 nitrogen and oxygen atoms in total. The molecule has 74 heavy (non-hydrogen) atoms. The van der Waals surface area contributed by atoms with E-state index in [1.165, 1.54) is 61.0 Å². The van der Waals surface area contributed by atoms with Crippen LogP contribution in [0.5, 0.6) is 0 Å². The van der Waals surface area contributed by atoms with Crippen LogP contribution in [0.1, 0.15) is 141 Å². The van der Waals surface area contributed by atoms with Gasteiger partial charge in [-0.1, -0.05) is 181 Å². The molecule has 5 heteroatoms. The molecule has 0 atom stereocenters. The van der Waals surface area contributed by atoms with Crippen molar-refractivity contribution in [3.63, 3.8) is 0 Å². The van der Waals surface area contributed by atoms with Crippen molar-refractivity contribution in [2.24, 2.45) is 0 Å². The van der Waals surface area contributed by atoms with E-state index in [1.54, 1.807) is 6.07 Å². The third kappa shape index (κ3) is 7.91. The summed E-state index contributed by atoms with van der Waals surface area (Å²) in [5.41, 5.74) is 24.0. The Morgan fingerprint density at radius 2 is 0.986 bits per heavy atom. The first-order chi connectivity index (χ1) is 34.7. The molecule has 0 radical (unpaired) electrons. The highest BCUT2D eigenvalue weighted by Crippen LogP contribution is 2.60. The van der Waals surface area contributed by atoms with Crippen molar-refractivity contribution in [2.75, 3.05) is 14.7 Å². The van der Waals surface area contributed by atoms with Crippen molar-refractivity contribution in [2.45, 2.75) is 138 Å². The molecule has 8 aromatic carbocycles. The lowest BCUT2D eigenvalue weighted by molar-refractivity contribution is 0.590. The van der Waals surface area contributed by atoms with Crippen LogP contribution in [0.25, 0.3) is 11.1 Å². The fraction of sp³-hybridized carbons (Fsp3) is 0.304. The fourth-order valence-electron chi connectivity index (χ4n) is 12.1. The number of fused-ring (bicyclic) bond motifs is 8. The lowest BCUT2D eigenvalue weighted by atomic mass is 9.33. The quantitative estimate of drug-likeness (QED) is 0.159. The highest BCUT2D eigenvalue weighted by molar-refractivity contribution is 7.00. The van der Waals surface area contributed by atoms with Crippen molar-refractivity contribution in [3.8, 4) is 11.1 Å². The molecule has 0 aromatic heterocycles. The Bertz CT molecular complexity index is 3480. The zero-order chi connectivity index (χ0) is 52.8. The van der Waals surface area contributed by atoms with Gasteiger partial charge in [-0.3, -0.25) is 0 Å². The van der Waals surface area contributed by atoms with Crippen molar-refractivity contribution in [1.82, 2.24) is 0 Å². The lowest BCUT2D eigenvalue weighted by Gasteiger charge is -2.47. The largest absolute Gasteiger partial charge is 0.311 e. The van der Waals surface area contributed by atoms with E-state index in [0.717, 1.165) is 56.5 Å². The van der Waals surface area contributed by atoms with Gasteiger partial charge in [-0.05, 0) is 169 Å². The number of anilines is 9. The standard InChI is InChI=1S/C69H73BFN3/c1-42-21-29-50(30-22-42)73-56-36-28-46(67(9,10)11)38-53(56)70-54-41-58(72(48-31-24-44(25-32-48)65(3,4)5)49-33-26-45(27-34-49)66(6,7)8)61-51-19-17-18-20-52(51)69(15,16)62(61)64(54)74(57-35-23-43(2)37-55(57)71)60-40-47(68(12,13)14)39-59(73)63(60)70/h17-41H,1-16H3. The molecule has 1 aliphatic carbocycles. The summed E-state index contributed by atoms with van der Waals surface area (Å²) in [4.78, 5) is 7.35. The lowest BCUT2D eigenvalue weighted by Crippen LogP contribution is -2.62. The number of aryl methyl sites for hydroxylation is 2. The van der Waals surface area contributed by atoms with Gasteiger partial charge in [0, 0.05) is 50.8 Å². The first-order valence-corrected chi connectivity index (χ1v) is 26.8. The van der Waals surface area contributed by atoms with Crippen LogP contribution in [0, 0.1) is 19.7 Å². The summed E-state index contributed by atoms with van der Waals surface area (Å²) in [6.07, 6.45) is 0. The minimum Gasteiger partial charge on any atom is -0.311 e. The molecule has 8 aromatic rings. The van der Waals surface area contributed by atoms with E-state index < -0.39 is 5.41 Å². The summed E-state index contributed by atoms with van der Waals surface area (Å²) in [6, 6.07) is 56.9. The number of benzene rings is 8. The average molecular weight is 974 g/mol. The van der Waals surface area contributed by atoms with Crippen LogP contribution in [0.15, 0.2) is 152 Å². The van der Waals surface area contributed by atoms with Crippen LogP contribution < -0.4 is 31.1 Å². The van der Waals surface area contributed by atoms with Gasteiger partial charge >= 0.3 is 0 Å². The minimum atomic E-state index is -0.496. The molecule has 11 rings (SSSR count). The number of halogens is 1. The summed E-state index contributed by atoms with van der Waals surface area (Å²) < 4.78 is 17.7. The molecule has 2 heterocycles. The maximum absolute atomic E-state index is 17.7. The Labute approximate surface area is 442 Å². The third-order valence-corrected chi connectivity index (χ3v) is 16.4. The van der Waals surface area contributed by atoms with Crippen molar-refractivity contribution in [3.05, 3.63) is 202 Å². The number of hydrogen-bond donors (Lipinski definition) is 0. The maximum Gasteiger partial charge on any atom is 0.252 e. The molecule has 0 saturated heterocycles. The van der Waals surface area contributed by atoms with Crippen LogP contribution in [-0.2, 0) is 27.1 Å². The second kappa shape index (κ2) is 16.8. The molecule has 0 saturated carbocycles. The normalized spacial score (nSPS) is 14.6. The predicted molar refractivity (Wildman–Crippen MR) is 317 cm³/mol. The first-order valence-electron chi connectivity index (χ1n) is 26.8. The van der Waals surface area contributed by atoms with Gasteiger partial charge in [0.15, 0.2) is 0 Å². The fourth-order valence-corrected chi connectivity index (χ4v) is 12.1. The Hall–Kier alpha value is -6.85. The Morgan fingerprint density at radius 3 is 1.54 bits per heavy atom. The highest BCUT2D eigenvalue weighted by atomic mass is 19.1. The van der Waals surface area contributed by atoms with Crippen LogP contribution in [0.3, 0.4) is 0 Å². The third-order valence-electron chi connectivity index (χ3n) is 16.4. The minimum absolute atomic E-state index is 0.0207. The maximum atomic E-state index is 17.7. The van der Waals surface area contributed by atoms with Gasteiger partial charge in [-0.25, -0.2) is 4.39 Å². The van der Waals surface area contributed by atoms with Crippen LogP contribution >= 0.6 is 0 Å². The Kier molecular flexibility index (Phi) is 11.2. The van der Waals surface area contributed by atoms with Crippen LogP contribution in [0.2, 0.25) is 0 Å². The Balaban J connectivity index is 1.35. The summed E-state index contributed by atoms with van der Waals surface area (Å²) in [6.45, 7) is 36.3. The number of nitrogens with zero attached hydrogens (tertiary/aromatic N) is 3. The molecule has 3 aliphatic rings. The van der Waals surface area contributed by atoms with Crippen molar-refractivity contribution >= 4 is 74.3 Å². The molecule has 0 unspecified atom stereocenters. The van der Waals surface area contributed by atoms with Gasteiger partial charge in [0.2, 0.25) is 0 Å². The van der Waals surface area contributed by atoms with E-state index in [1.807, 2.05) is 13.0 Å². The topological polar surface area (TPSA) is 9.72 Å². The second-order valence-corrected chi connectivity index (χ2v) is 26.3. The summed E-state index contributed by atoms with van der Waals surface area (Å²) in [7, 11) is 0. The average Bonchev–Trinajstić information content (AvgIpc) is 3.65. The first kappa shape index (κ1) is 49.4. The van der Waals surface area contributed by atoms with E-state index in [4.69, 9.17) is 0 Å². The predicted octanol–water partition coefficient (Wildman–Crippen LogP) is 17.5. The second-order valence-electron chi connectivity index (χ2n) is 26.3. The van der Waals surface area contributed by atoms with E-state index in [2.05, 4.69) is 258 Å². The van der Waals surface area contributed by atoms with Gasteiger partial charge in [0.05, 0.1) is 11.4 Å². The molecule has 374 valence electrons. The van der Waals surface area contributed by atoms with Gasteiger partial charge in [-0.15, -0.1) is 0 Å². The molecular formula is C69H73BFN3. The summed E-state index contributed by atoms with van der Waals surface area (Å²) in [5, 5.41) is 0. The molecule has 0 bridgehead atoms. The van der Waals surface area contributed by atoms with E-state index >= 15 is 4.39 Å².